The number of nitro groups is 1. The van der Waals surface area contributed by atoms with Gasteiger partial charge in [0.2, 0.25) is 0 Å². The first kappa shape index (κ1) is 20.6. The van der Waals surface area contributed by atoms with Gasteiger partial charge >= 0.3 is 5.97 Å². The van der Waals surface area contributed by atoms with Crippen molar-refractivity contribution in [2.75, 3.05) is 13.7 Å². The predicted molar refractivity (Wildman–Crippen MR) is 105 cm³/mol. The van der Waals surface area contributed by atoms with E-state index >= 15 is 0 Å². The highest BCUT2D eigenvalue weighted by atomic mass is 35.5. The van der Waals surface area contributed by atoms with E-state index in [-0.39, 0.29) is 22.3 Å². The van der Waals surface area contributed by atoms with Gasteiger partial charge < -0.3 is 14.8 Å². The van der Waals surface area contributed by atoms with E-state index < -0.39 is 23.4 Å². The molecule has 0 spiro atoms. The summed E-state index contributed by atoms with van der Waals surface area (Å²) in [4.78, 5) is 34.6. The van der Waals surface area contributed by atoms with Crippen LogP contribution in [-0.4, -0.2) is 30.5 Å². The summed E-state index contributed by atoms with van der Waals surface area (Å²) in [6.45, 7) is -0.481. The molecule has 1 amide bonds. The number of non-ortho nitro benzene ring substituents is 1. The van der Waals surface area contributed by atoms with E-state index in [2.05, 4.69) is 5.32 Å². The number of carbonyl (C=O) groups is 2. The summed E-state index contributed by atoms with van der Waals surface area (Å²) in [6.07, 6.45) is 2.02. The lowest BCUT2D eigenvalue weighted by Gasteiger charge is -2.19. The van der Waals surface area contributed by atoms with Crippen molar-refractivity contribution in [1.29, 1.82) is 0 Å². The third kappa shape index (κ3) is 5.23. The van der Waals surface area contributed by atoms with Gasteiger partial charge in [0, 0.05) is 12.1 Å². The SMILES string of the molecule is COc1ccc(C(NC(=O)COC(=O)c2ccc([N+](=O)[O-])cc2Cl)C2CC2)cc1. The van der Waals surface area contributed by atoms with Crippen molar-refractivity contribution < 1.29 is 24.0 Å². The van der Waals surface area contributed by atoms with E-state index in [1.54, 1.807) is 7.11 Å². The summed E-state index contributed by atoms with van der Waals surface area (Å²) in [6, 6.07) is 10.7. The minimum atomic E-state index is -0.826. The van der Waals surface area contributed by atoms with Crippen LogP contribution in [0.5, 0.6) is 5.75 Å². The van der Waals surface area contributed by atoms with Crippen LogP contribution in [0, 0.1) is 16.0 Å². The Kier molecular flexibility index (Phi) is 6.33. The maximum atomic E-state index is 12.3. The maximum Gasteiger partial charge on any atom is 0.340 e. The van der Waals surface area contributed by atoms with Crippen molar-refractivity contribution in [3.8, 4) is 5.75 Å². The largest absolute Gasteiger partial charge is 0.497 e. The van der Waals surface area contributed by atoms with Crippen LogP contribution in [0.1, 0.15) is 34.8 Å². The molecule has 1 atom stereocenters. The standard InChI is InChI=1S/C20H19ClN2O6/c1-28-15-7-4-13(5-8-15)19(12-2-3-12)22-18(24)11-29-20(25)16-9-6-14(23(26)27)10-17(16)21/h4-10,12,19H,2-3,11H2,1H3,(H,22,24). The first-order chi connectivity index (χ1) is 13.9. The Morgan fingerprint density at radius 3 is 2.48 bits per heavy atom. The molecule has 3 rings (SSSR count). The first-order valence-corrected chi connectivity index (χ1v) is 9.31. The highest BCUT2D eigenvalue weighted by molar-refractivity contribution is 6.33. The normalized spacial score (nSPS) is 14.0. The zero-order valence-electron chi connectivity index (χ0n) is 15.6. The zero-order valence-corrected chi connectivity index (χ0v) is 16.3. The van der Waals surface area contributed by atoms with E-state index in [1.165, 1.54) is 6.07 Å². The second-order valence-corrected chi connectivity index (χ2v) is 7.06. The number of nitrogens with zero attached hydrogens (tertiary/aromatic N) is 1. The van der Waals surface area contributed by atoms with Crippen molar-refractivity contribution in [1.82, 2.24) is 5.32 Å². The summed E-state index contributed by atoms with van der Waals surface area (Å²) >= 11 is 5.91. The fourth-order valence-electron chi connectivity index (χ4n) is 2.92. The fraction of sp³-hybridized carbons (Fsp3) is 0.300. The van der Waals surface area contributed by atoms with Gasteiger partial charge in [0.05, 0.1) is 28.7 Å². The number of carbonyl (C=O) groups excluding carboxylic acids is 2. The van der Waals surface area contributed by atoms with E-state index in [0.29, 0.717) is 5.92 Å². The minimum absolute atomic E-state index is 0.0426. The molecule has 1 aliphatic rings. The Labute approximate surface area is 171 Å². The van der Waals surface area contributed by atoms with Crippen LogP contribution >= 0.6 is 11.6 Å². The number of ether oxygens (including phenoxy) is 2. The van der Waals surface area contributed by atoms with Gasteiger partial charge in [-0.2, -0.15) is 0 Å². The molecule has 9 heteroatoms. The van der Waals surface area contributed by atoms with Crippen LogP contribution in [0.25, 0.3) is 0 Å². The number of nitro benzene ring substituents is 1. The molecule has 8 nitrogen and oxygen atoms in total. The molecule has 0 bridgehead atoms. The average molecular weight is 419 g/mol. The highest BCUT2D eigenvalue weighted by Crippen LogP contribution is 2.41. The van der Waals surface area contributed by atoms with Gasteiger partial charge in [-0.25, -0.2) is 4.79 Å². The van der Waals surface area contributed by atoms with E-state index in [9.17, 15) is 19.7 Å². The van der Waals surface area contributed by atoms with E-state index in [0.717, 1.165) is 36.3 Å². The zero-order chi connectivity index (χ0) is 21.0. The van der Waals surface area contributed by atoms with Crippen LogP contribution in [0.15, 0.2) is 42.5 Å². The van der Waals surface area contributed by atoms with Crippen LogP contribution in [-0.2, 0) is 9.53 Å². The molecule has 0 aromatic heterocycles. The molecule has 0 aliphatic heterocycles. The lowest BCUT2D eigenvalue weighted by molar-refractivity contribution is -0.384. The molecule has 1 unspecified atom stereocenters. The third-order valence-corrected chi connectivity index (χ3v) is 4.92. The second-order valence-electron chi connectivity index (χ2n) is 6.65. The molecule has 1 fully saturated rings. The number of halogens is 1. The number of hydrogen-bond donors (Lipinski definition) is 1. The molecule has 1 saturated carbocycles. The Bertz CT molecular complexity index is 927. The smallest absolute Gasteiger partial charge is 0.340 e. The average Bonchev–Trinajstić information content (AvgIpc) is 3.55. The molecule has 2 aromatic carbocycles. The number of amides is 1. The van der Waals surface area contributed by atoms with Gasteiger partial charge in [-0.3, -0.25) is 14.9 Å². The number of hydrogen-bond acceptors (Lipinski definition) is 6. The van der Waals surface area contributed by atoms with Gasteiger partial charge in [0.15, 0.2) is 6.61 Å². The first-order valence-electron chi connectivity index (χ1n) is 8.93. The molecule has 1 aliphatic carbocycles. The van der Waals surface area contributed by atoms with Crippen molar-refractivity contribution in [3.63, 3.8) is 0 Å². The van der Waals surface area contributed by atoms with Crippen LogP contribution in [0.4, 0.5) is 5.69 Å². The third-order valence-electron chi connectivity index (χ3n) is 4.60. The predicted octanol–water partition coefficient (Wildman–Crippen LogP) is 3.68. The van der Waals surface area contributed by atoms with Gasteiger partial charge in [0.25, 0.3) is 11.6 Å². The van der Waals surface area contributed by atoms with Gasteiger partial charge in [-0.15, -0.1) is 0 Å². The van der Waals surface area contributed by atoms with E-state index in [4.69, 9.17) is 21.1 Å². The number of rotatable bonds is 8. The lowest BCUT2D eigenvalue weighted by atomic mass is 10.0. The Morgan fingerprint density at radius 1 is 1.24 bits per heavy atom. The van der Waals surface area contributed by atoms with Crippen molar-refractivity contribution in [2.45, 2.75) is 18.9 Å². The summed E-state index contributed by atoms with van der Waals surface area (Å²) in [7, 11) is 1.58. The van der Waals surface area contributed by atoms with Gasteiger partial charge in [-0.1, -0.05) is 23.7 Å². The van der Waals surface area contributed by atoms with Crippen molar-refractivity contribution in [2.24, 2.45) is 5.92 Å². The topological polar surface area (TPSA) is 108 Å². The van der Waals surface area contributed by atoms with Crippen LogP contribution in [0.2, 0.25) is 5.02 Å². The number of benzene rings is 2. The quantitative estimate of drug-likeness (QED) is 0.398. The summed E-state index contributed by atoms with van der Waals surface area (Å²) in [5, 5.41) is 13.5. The molecule has 0 heterocycles. The lowest BCUT2D eigenvalue weighted by Crippen LogP contribution is -2.33. The molecular weight excluding hydrogens is 400 g/mol. The van der Waals surface area contributed by atoms with Gasteiger partial charge in [-0.05, 0) is 42.5 Å². The summed E-state index contributed by atoms with van der Waals surface area (Å²) < 4.78 is 10.2. The Morgan fingerprint density at radius 2 is 1.93 bits per heavy atom. The maximum absolute atomic E-state index is 12.3. The van der Waals surface area contributed by atoms with Crippen molar-refractivity contribution in [3.05, 3.63) is 68.7 Å². The highest BCUT2D eigenvalue weighted by Gasteiger charge is 2.33. The number of nitrogens with one attached hydrogen (secondary N) is 1. The second kappa shape index (κ2) is 8.91. The molecule has 0 saturated heterocycles. The molecule has 2 aromatic rings. The fourth-order valence-corrected chi connectivity index (χ4v) is 3.17. The van der Waals surface area contributed by atoms with Crippen LogP contribution in [0.3, 0.4) is 0 Å². The molecular formula is C20H19ClN2O6. The Balaban J connectivity index is 1.59. The van der Waals surface area contributed by atoms with Gasteiger partial charge in [0.1, 0.15) is 5.75 Å². The van der Waals surface area contributed by atoms with E-state index in [1.807, 2.05) is 24.3 Å². The number of methoxy groups -OCH3 is 1. The molecule has 29 heavy (non-hydrogen) atoms. The number of esters is 1. The summed E-state index contributed by atoms with van der Waals surface area (Å²) in [5.74, 6) is -0.202. The monoisotopic (exact) mass is 418 g/mol. The molecule has 0 radical (unpaired) electrons. The van der Waals surface area contributed by atoms with Crippen LogP contribution < -0.4 is 10.1 Å². The minimum Gasteiger partial charge on any atom is -0.497 e. The molecule has 152 valence electrons. The van der Waals surface area contributed by atoms with Crippen molar-refractivity contribution >= 4 is 29.2 Å². The Hall–Kier alpha value is -3.13. The summed E-state index contributed by atoms with van der Waals surface area (Å²) in [5.41, 5.74) is 0.668. The molecule has 1 N–H and O–H groups in total.